The summed E-state index contributed by atoms with van der Waals surface area (Å²) in [6.07, 6.45) is 1.66. The van der Waals surface area contributed by atoms with Crippen molar-refractivity contribution in [1.29, 1.82) is 0 Å². The zero-order valence-corrected chi connectivity index (χ0v) is 19.1. The molecule has 1 amide bonds. The Morgan fingerprint density at radius 1 is 1.00 bits per heavy atom. The number of rotatable bonds is 9. The van der Waals surface area contributed by atoms with E-state index in [-0.39, 0.29) is 17.8 Å². The highest BCUT2D eigenvalue weighted by Crippen LogP contribution is 2.22. The highest BCUT2D eigenvalue weighted by Gasteiger charge is 2.12. The molecule has 0 spiro atoms. The van der Waals surface area contributed by atoms with Crippen LogP contribution >= 0.6 is 23.2 Å². The summed E-state index contributed by atoms with van der Waals surface area (Å²) in [5, 5.41) is 3.43. The van der Waals surface area contributed by atoms with E-state index in [1.807, 2.05) is 28.8 Å². The van der Waals surface area contributed by atoms with Crippen molar-refractivity contribution >= 4 is 34.8 Å². The summed E-state index contributed by atoms with van der Waals surface area (Å²) >= 11 is 11.9. The first kappa shape index (κ1) is 23.5. The molecule has 168 valence electrons. The Bertz CT molecular complexity index is 1130. The molecule has 0 aliphatic heterocycles. The second-order valence-electron chi connectivity index (χ2n) is 6.81. The number of nitrogens with zero attached hydrogens (tertiary/aromatic N) is 1. The molecule has 1 aromatic heterocycles. The van der Waals surface area contributed by atoms with E-state index in [0.717, 1.165) is 5.75 Å². The molecule has 9 heteroatoms. The topological polar surface area (TPSA) is 78.8 Å². The normalized spacial score (nSPS) is 10.5. The minimum atomic E-state index is -0.444. The summed E-state index contributed by atoms with van der Waals surface area (Å²) < 4.78 is 18.2. The van der Waals surface area contributed by atoms with Gasteiger partial charge < -0.3 is 24.1 Å². The number of hydrogen-bond acceptors (Lipinski definition) is 5. The van der Waals surface area contributed by atoms with Gasteiger partial charge in [0.05, 0.1) is 19.3 Å². The van der Waals surface area contributed by atoms with Crippen molar-refractivity contribution in [3.63, 3.8) is 0 Å². The summed E-state index contributed by atoms with van der Waals surface area (Å²) in [5.74, 6) is 1.12. The second kappa shape index (κ2) is 10.9. The lowest BCUT2D eigenvalue weighted by atomic mass is 10.3. The first-order valence-corrected chi connectivity index (χ1v) is 10.5. The third kappa shape index (κ3) is 6.42. The molecule has 1 heterocycles. The van der Waals surface area contributed by atoms with Crippen molar-refractivity contribution in [2.75, 3.05) is 25.6 Å². The lowest BCUT2D eigenvalue weighted by Gasteiger charge is -2.15. The molecule has 7 nitrogen and oxygen atoms in total. The molecule has 32 heavy (non-hydrogen) atoms. The Morgan fingerprint density at radius 2 is 1.66 bits per heavy atom. The predicted octanol–water partition coefficient (Wildman–Crippen LogP) is 4.57. The minimum absolute atomic E-state index is 0.108. The SMILES string of the molecule is COc1ccc(OCCn2ccc(=O)c(OCC(=O)Nc3cc(Cl)cc(Cl)c3)c2C)cc1. The van der Waals surface area contributed by atoms with Crippen LogP contribution in [-0.4, -0.2) is 30.8 Å². The number of pyridine rings is 1. The van der Waals surface area contributed by atoms with E-state index in [0.29, 0.717) is 40.3 Å². The van der Waals surface area contributed by atoms with Gasteiger partial charge in [0.15, 0.2) is 12.4 Å². The van der Waals surface area contributed by atoms with E-state index >= 15 is 0 Å². The fourth-order valence-electron chi connectivity index (χ4n) is 2.97. The van der Waals surface area contributed by atoms with Gasteiger partial charge in [-0.1, -0.05) is 23.2 Å². The maximum atomic E-state index is 12.3. The molecule has 0 saturated heterocycles. The first-order chi connectivity index (χ1) is 15.4. The average molecular weight is 477 g/mol. The minimum Gasteiger partial charge on any atom is -0.497 e. The zero-order valence-electron chi connectivity index (χ0n) is 17.6. The highest BCUT2D eigenvalue weighted by atomic mass is 35.5. The molecule has 0 aliphatic carbocycles. The molecular weight excluding hydrogens is 455 g/mol. The van der Waals surface area contributed by atoms with E-state index in [2.05, 4.69) is 5.32 Å². The van der Waals surface area contributed by atoms with Crippen LogP contribution in [0, 0.1) is 6.92 Å². The Balaban J connectivity index is 1.58. The third-order valence-electron chi connectivity index (χ3n) is 4.54. The molecule has 3 rings (SSSR count). The Hall–Kier alpha value is -3.16. The lowest BCUT2D eigenvalue weighted by molar-refractivity contribution is -0.118. The van der Waals surface area contributed by atoms with Crippen LogP contribution < -0.4 is 25.0 Å². The summed E-state index contributed by atoms with van der Waals surface area (Å²) in [7, 11) is 1.60. The molecule has 2 aromatic carbocycles. The molecule has 0 bridgehead atoms. The molecule has 0 unspecified atom stereocenters. The molecule has 0 aliphatic rings. The number of halogens is 2. The molecule has 3 aromatic rings. The number of benzene rings is 2. The standard InChI is InChI=1S/C23H22Cl2N2O5/c1-15-23(32-14-22(29)26-18-12-16(24)11-17(25)13-18)21(28)7-8-27(15)9-10-31-20-5-3-19(30-2)4-6-20/h3-8,11-13H,9-10,14H2,1-2H3,(H,26,29). The van der Waals surface area contributed by atoms with Gasteiger partial charge in [-0.25, -0.2) is 0 Å². The average Bonchev–Trinajstić information content (AvgIpc) is 2.75. The van der Waals surface area contributed by atoms with Gasteiger partial charge in [0.1, 0.15) is 18.1 Å². The molecule has 1 N–H and O–H groups in total. The van der Waals surface area contributed by atoms with E-state index < -0.39 is 5.91 Å². The van der Waals surface area contributed by atoms with Gasteiger partial charge in [-0.2, -0.15) is 0 Å². The van der Waals surface area contributed by atoms with Crippen LogP contribution in [0.1, 0.15) is 5.69 Å². The molecular formula is C23H22Cl2N2O5. The lowest BCUT2D eigenvalue weighted by Crippen LogP contribution is -2.24. The quantitative estimate of drug-likeness (QED) is 0.489. The van der Waals surface area contributed by atoms with Gasteiger partial charge in [0, 0.05) is 28.0 Å². The first-order valence-electron chi connectivity index (χ1n) is 9.71. The van der Waals surface area contributed by atoms with E-state index in [1.165, 1.54) is 6.07 Å². The van der Waals surface area contributed by atoms with Crippen molar-refractivity contribution in [2.24, 2.45) is 0 Å². The van der Waals surface area contributed by atoms with Crippen molar-refractivity contribution in [1.82, 2.24) is 4.57 Å². The van der Waals surface area contributed by atoms with Gasteiger partial charge in [0.2, 0.25) is 5.43 Å². The van der Waals surface area contributed by atoms with Gasteiger partial charge in [-0.3, -0.25) is 9.59 Å². The molecule has 0 atom stereocenters. The number of ether oxygens (including phenoxy) is 3. The monoisotopic (exact) mass is 476 g/mol. The largest absolute Gasteiger partial charge is 0.497 e. The predicted molar refractivity (Wildman–Crippen MR) is 125 cm³/mol. The van der Waals surface area contributed by atoms with Gasteiger partial charge in [0.25, 0.3) is 5.91 Å². The number of carbonyl (C=O) groups is 1. The van der Waals surface area contributed by atoms with Crippen LogP contribution in [0.3, 0.4) is 0 Å². The number of methoxy groups -OCH3 is 1. The van der Waals surface area contributed by atoms with Crippen molar-refractivity contribution in [3.05, 3.63) is 80.7 Å². The van der Waals surface area contributed by atoms with Crippen LogP contribution in [0.5, 0.6) is 17.2 Å². The Kier molecular flexibility index (Phi) is 8.03. The number of aromatic nitrogens is 1. The van der Waals surface area contributed by atoms with E-state index in [4.69, 9.17) is 37.4 Å². The number of hydrogen-bond donors (Lipinski definition) is 1. The van der Waals surface area contributed by atoms with Crippen molar-refractivity contribution < 1.29 is 19.0 Å². The van der Waals surface area contributed by atoms with E-state index in [9.17, 15) is 9.59 Å². The number of amides is 1. The number of carbonyl (C=O) groups excluding carboxylic acids is 1. The van der Waals surface area contributed by atoms with Crippen LogP contribution in [0.2, 0.25) is 10.0 Å². The molecule has 0 radical (unpaired) electrons. The van der Waals surface area contributed by atoms with E-state index in [1.54, 1.807) is 38.4 Å². The van der Waals surface area contributed by atoms with Crippen LogP contribution in [0.25, 0.3) is 0 Å². The molecule has 0 fully saturated rings. The van der Waals surface area contributed by atoms with Crippen molar-refractivity contribution in [3.8, 4) is 17.2 Å². The smallest absolute Gasteiger partial charge is 0.262 e. The number of anilines is 1. The van der Waals surface area contributed by atoms with Gasteiger partial charge in [-0.15, -0.1) is 0 Å². The van der Waals surface area contributed by atoms with Crippen LogP contribution in [-0.2, 0) is 11.3 Å². The molecule has 0 saturated carbocycles. The van der Waals surface area contributed by atoms with Crippen LogP contribution in [0.15, 0.2) is 59.5 Å². The van der Waals surface area contributed by atoms with Crippen LogP contribution in [0.4, 0.5) is 5.69 Å². The number of nitrogens with one attached hydrogen (secondary N) is 1. The second-order valence-corrected chi connectivity index (χ2v) is 7.68. The van der Waals surface area contributed by atoms with Gasteiger partial charge >= 0.3 is 0 Å². The zero-order chi connectivity index (χ0) is 23.1. The summed E-state index contributed by atoms with van der Waals surface area (Å²) in [6.45, 7) is 2.28. The summed E-state index contributed by atoms with van der Waals surface area (Å²) in [4.78, 5) is 24.5. The summed E-state index contributed by atoms with van der Waals surface area (Å²) in [5.41, 5.74) is 0.719. The van der Waals surface area contributed by atoms with Gasteiger partial charge in [-0.05, 0) is 49.4 Å². The van der Waals surface area contributed by atoms with Crippen molar-refractivity contribution in [2.45, 2.75) is 13.5 Å². The summed E-state index contributed by atoms with van der Waals surface area (Å²) in [6, 6.07) is 13.3. The third-order valence-corrected chi connectivity index (χ3v) is 4.98. The highest BCUT2D eigenvalue weighted by molar-refractivity contribution is 6.35. The fourth-order valence-corrected chi connectivity index (χ4v) is 3.49. The maximum Gasteiger partial charge on any atom is 0.262 e. The fraction of sp³-hybridized carbons (Fsp3) is 0.217. The maximum absolute atomic E-state index is 12.3. The Morgan fingerprint density at radius 3 is 2.31 bits per heavy atom. The Labute approximate surface area is 195 Å².